The molecule has 20 heavy (non-hydrogen) atoms. The van der Waals surface area contributed by atoms with Crippen LogP contribution in [0.2, 0.25) is 0 Å². The molecule has 0 fully saturated rings. The Morgan fingerprint density at radius 2 is 1.15 bits per heavy atom. The minimum Gasteiger partial charge on any atom is -0.299 e. The molecule has 0 bridgehead atoms. The van der Waals surface area contributed by atoms with Gasteiger partial charge in [-0.2, -0.15) is 30.7 Å². The summed E-state index contributed by atoms with van der Waals surface area (Å²) in [6, 6.07) is 0. The molecule has 0 saturated heterocycles. The molecule has 0 heterocycles. The van der Waals surface area contributed by atoms with E-state index in [2.05, 4.69) is 0 Å². The first-order chi connectivity index (χ1) is 8.05. The molecule has 0 spiro atoms. The Kier molecular flexibility index (Phi) is 7.22. The molecule has 2 nitrogen and oxygen atoms in total. The Labute approximate surface area is 139 Å². The van der Waals surface area contributed by atoms with Crippen molar-refractivity contribution in [1.82, 2.24) is 0 Å². The van der Waals surface area contributed by atoms with E-state index in [1.165, 1.54) is 20.8 Å². The number of hydrogen-bond donors (Lipinski definition) is 0. The minimum absolute atomic E-state index is 0. The van der Waals surface area contributed by atoms with E-state index in [4.69, 9.17) is 0 Å². The molecule has 125 valence electrons. The van der Waals surface area contributed by atoms with E-state index < -0.39 is 41.4 Å². The fourth-order valence-electron chi connectivity index (χ4n) is 0.875. The van der Waals surface area contributed by atoms with Crippen molar-refractivity contribution >= 4 is 11.6 Å². The van der Waals surface area contributed by atoms with Crippen molar-refractivity contribution in [1.29, 1.82) is 0 Å². The summed E-state index contributed by atoms with van der Waals surface area (Å²) in [5.74, 6) is -16.4. The number of carbonyl (C=O) groups is 2. The van der Waals surface area contributed by atoms with Crippen LogP contribution in [0.25, 0.3) is 0 Å². The van der Waals surface area contributed by atoms with Crippen LogP contribution in [0.15, 0.2) is 0 Å². The van der Waals surface area contributed by atoms with E-state index in [0.717, 1.165) is 0 Å². The molecule has 0 aromatic heterocycles. The summed E-state index contributed by atoms with van der Waals surface area (Å²) in [5, 5.41) is 0. The van der Waals surface area contributed by atoms with Crippen molar-refractivity contribution in [3.8, 4) is 0 Å². The van der Waals surface area contributed by atoms with Gasteiger partial charge in [0.15, 0.2) is 0 Å². The second-order valence-electron chi connectivity index (χ2n) is 4.92. The van der Waals surface area contributed by atoms with Gasteiger partial charge < -0.3 is 0 Å². The fourth-order valence-corrected chi connectivity index (χ4v) is 0.875. The standard InChI is InChI=1S/C10H11F7O2.Tm/c1-7(2,3)5(18)4-6(19)8(11,12)9(13,14)10(15,16)17;/h4H2,1-3H3;. The van der Waals surface area contributed by atoms with Crippen molar-refractivity contribution in [2.24, 2.45) is 5.41 Å². The summed E-state index contributed by atoms with van der Waals surface area (Å²) >= 11 is 0. The van der Waals surface area contributed by atoms with Crippen molar-refractivity contribution in [3.05, 3.63) is 0 Å². The van der Waals surface area contributed by atoms with Crippen LogP contribution in [0.3, 0.4) is 0 Å². The van der Waals surface area contributed by atoms with E-state index in [9.17, 15) is 40.3 Å². The van der Waals surface area contributed by atoms with Gasteiger partial charge in [0.25, 0.3) is 0 Å². The summed E-state index contributed by atoms with van der Waals surface area (Å²) in [7, 11) is 0. The van der Waals surface area contributed by atoms with Crippen LogP contribution < -0.4 is 0 Å². The van der Waals surface area contributed by atoms with Gasteiger partial charge in [-0.3, -0.25) is 9.59 Å². The van der Waals surface area contributed by atoms with Crippen molar-refractivity contribution < 1.29 is 77.2 Å². The van der Waals surface area contributed by atoms with Crippen LogP contribution in [0.1, 0.15) is 27.2 Å². The van der Waals surface area contributed by atoms with Gasteiger partial charge in [-0.1, -0.05) is 20.8 Å². The van der Waals surface area contributed by atoms with E-state index in [0.29, 0.717) is 0 Å². The molecule has 10 heteroatoms. The number of carbonyl (C=O) groups excluding carboxylic acids is 2. The van der Waals surface area contributed by atoms with E-state index in [1.807, 2.05) is 0 Å². The third-order valence-electron chi connectivity index (χ3n) is 2.26. The van der Waals surface area contributed by atoms with Crippen molar-refractivity contribution in [3.63, 3.8) is 0 Å². The Morgan fingerprint density at radius 1 is 0.800 bits per heavy atom. The van der Waals surface area contributed by atoms with Crippen molar-refractivity contribution in [2.75, 3.05) is 0 Å². The normalized spacial score (nSPS) is 13.7. The molecular formula is C10H11F7O2Tm. The fraction of sp³-hybridized carbons (Fsp3) is 0.800. The molecule has 0 amide bonds. The number of halogens is 7. The van der Waals surface area contributed by atoms with Gasteiger partial charge in [0, 0.05) is 42.3 Å². The van der Waals surface area contributed by atoms with Gasteiger partial charge >= 0.3 is 18.0 Å². The smallest absolute Gasteiger partial charge is 0.299 e. The maximum Gasteiger partial charge on any atom is 0.460 e. The molecule has 0 rings (SSSR count). The van der Waals surface area contributed by atoms with Crippen LogP contribution in [-0.2, 0) is 9.59 Å². The molecule has 0 N–H and O–H groups in total. The van der Waals surface area contributed by atoms with E-state index >= 15 is 0 Å². The summed E-state index contributed by atoms with van der Waals surface area (Å²) in [6.07, 6.45) is -8.28. The molecule has 1 radical (unpaired) electrons. The van der Waals surface area contributed by atoms with Gasteiger partial charge in [0.2, 0.25) is 5.78 Å². The number of hydrogen-bond acceptors (Lipinski definition) is 2. The molecule has 0 aromatic rings. The molecular weight excluding hydrogens is 454 g/mol. The second-order valence-corrected chi connectivity index (χ2v) is 4.92. The van der Waals surface area contributed by atoms with Gasteiger partial charge in [-0.25, -0.2) is 0 Å². The molecule has 0 aliphatic carbocycles. The Balaban J connectivity index is 0. The topological polar surface area (TPSA) is 34.1 Å². The SMILES string of the molecule is CC(C)(C)C(=O)CC(=O)C(F)(F)C(F)(F)C(F)(F)F.[Tm]. The van der Waals surface area contributed by atoms with E-state index in [1.54, 1.807) is 0 Å². The zero-order valence-corrected chi connectivity index (χ0v) is 12.2. The number of rotatable bonds is 4. The zero-order valence-electron chi connectivity index (χ0n) is 10.4. The quantitative estimate of drug-likeness (QED) is 0.472. The Hall–Kier alpha value is 0.0838. The summed E-state index contributed by atoms with van der Waals surface area (Å²) < 4.78 is 86.1. The predicted octanol–water partition coefficient (Wildman–Crippen LogP) is 3.39. The van der Waals surface area contributed by atoms with Crippen LogP contribution in [0, 0.1) is 42.3 Å². The number of Topliss-reactive ketones (excluding diaryl/α,β-unsaturated/α-hetero) is 2. The zero-order chi connectivity index (χ0) is 15.9. The molecule has 0 saturated carbocycles. The first-order valence-corrected chi connectivity index (χ1v) is 4.94. The Bertz CT molecular complexity index is 382. The number of alkyl halides is 7. The van der Waals surface area contributed by atoms with Crippen LogP contribution in [-0.4, -0.2) is 29.6 Å². The average Bonchev–Trinajstić information content (AvgIpc) is 2.13. The van der Waals surface area contributed by atoms with Gasteiger partial charge in [0.1, 0.15) is 5.78 Å². The monoisotopic (exact) mass is 465 g/mol. The van der Waals surface area contributed by atoms with Crippen LogP contribution >= 0.6 is 0 Å². The first kappa shape index (κ1) is 22.4. The number of ketones is 2. The third kappa shape index (κ3) is 4.54. The summed E-state index contributed by atoms with van der Waals surface area (Å²) in [4.78, 5) is 22.1. The summed E-state index contributed by atoms with van der Waals surface area (Å²) in [6.45, 7) is 3.63. The molecule has 0 unspecified atom stereocenters. The predicted molar refractivity (Wildman–Crippen MR) is 50.0 cm³/mol. The Morgan fingerprint density at radius 3 is 1.40 bits per heavy atom. The third-order valence-corrected chi connectivity index (χ3v) is 2.26. The van der Waals surface area contributed by atoms with Crippen LogP contribution in [0.4, 0.5) is 30.7 Å². The second kappa shape index (κ2) is 6.46. The minimum atomic E-state index is -6.59. The van der Waals surface area contributed by atoms with E-state index in [-0.39, 0.29) is 36.9 Å². The molecule has 0 aliphatic heterocycles. The maximum absolute atomic E-state index is 12.9. The molecule has 0 aliphatic rings. The molecule has 0 atom stereocenters. The average molecular weight is 465 g/mol. The first-order valence-electron chi connectivity index (χ1n) is 4.94. The van der Waals surface area contributed by atoms with Gasteiger partial charge in [0.05, 0.1) is 6.42 Å². The van der Waals surface area contributed by atoms with Crippen LogP contribution in [0.5, 0.6) is 0 Å². The van der Waals surface area contributed by atoms with Gasteiger partial charge in [-0.15, -0.1) is 0 Å². The maximum atomic E-state index is 12.9. The van der Waals surface area contributed by atoms with Gasteiger partial charge in [-0.05, 0) is 0 Å². The molecule has 0 aromatic carbocycles. The van der Waals surface area contributed by atoms with Crippen molar-refractivity contribution in [2.45, 2.75) is 45.2 Å². The largest absolute Gasteiger partial charge is 0.460 e. The summed E-state index contributed by atoms with van der Waals surface area (Å²) in [5.41, 5.74) is -1.31.